The summed E-state index contributed by atoms with van der Waals surface area (Å²) < 4.78 is 6.51. The fourth-order valence-corrected chi connectivity index (χ4v) is 1.87. The number of methoxy groups -OCH3 is 1. The molecule has 1 N–H and O–H groups in total. The van der Waals surface area contributed by atoms with Crippen LogP contribution in [-0.4, -0.2) is 47.3 Å². The lowest BCUT2D eigenvalue weighted by Crippen LogP contribution is -2.43. The minimum absolute atomic E-state index is 0.0693. The van der Waals surface area contributed by atoms with Crippen LogP contribution in [0.1, 0.15) is 10.5 Å². The van der Waals surface area contributed by atoms with E-state index in [1.807, 2.05) is 0 Å². The van der Waals surface area contributed by atoms with Crippen molar-refractivity contribution in [3.8, 4) is 5.75 Å². The number of amides is 1. The summed E-state index contributed by atoms with van der Waals surface area (Å²) in [7, 11) is 1.56. The van der Waals surface area contributed by atoms with E-state index in [9.17, 15) is 14.7 Å². The highest BCUT2D eigenvalue weighted by Crippen LogP contribution is 2.18. The first-order chi connectivity index (χ1) is 8.15. The lowest BCUT2D eigenvalue weighted by atomic mass is 10.2. The van der Waals surface area contributed by atoms with Crippen LogP contribution in [0.25, 0.3) is 0 Å². The Hall–Kier alpha value is -1.82. The highest BCUT2D eigenvalue weighted by atomic mass is 16.5. The van der Waals surface area contributed by atoms with E-state index in [-0.39, 0.29) is 11.6 Å². The molecule has 0 radical (unpaired) electrons. The van der Waals surface area contributed by atoms with Gasteiger partial charge < -0.3 is 19.3 Å². The summed E-state index contributed by atoms with van der Waals surface area (Å²) >= 11 is 0. The van der Waals surface area contributed by atoms with E-state index in [0.29, 0.717) is 26.2 Å². The summed E-state index contributed by atoms with van der Waals surface area (Å²) in [6.07, 6.45) is 1.53. The Balaban J connectivity index is 2.34. The second-order valence-electron chi connectivity index (χ2n) is 3.86. The van der Waals surface area contributed by atoms with Gasteiger partial charge in [0, 0.05) is 39.0 Å². The molecule has 92 valence electrons. The maximum absolute atomic E-state index is 12.0. The van der Waals surface area contributed by atoms with Crippen molar-refractivity contribution in [3.63, 3.8) is 0 Å². The van der Waals surface area contributed by atoms with Crippen molar-refractivity contribution in [2.45, 2.75) is 6.54 Å². The molecule has 0 fully saturated rings. The molecular weight excluding hydrogens is 224 g/mol. The molecule has 0 atom stereocenters. The molecule has 6 nitrogen and oxygen atoms in total. The number of rotatable bonds is 3. The van der Waals surface area contributed by atoms with Gasteiger partial charge >= 0.3 is 0 Å². The van der Waals surface area contributed by atoms with Gasteiger partial charge in [0.1, 0.15) is 0 Å². The number of fused-ring (bicyclic) bond motifs is 1. The molecule has 2 rings (SSSR count). The van der Waals surface area contributed by atoms with Gasteiger partial charge in [0.2, 0.25) is 5.43 Å². The molecule has 0 bridgehead atoms. The topological polar surface area (TPSA) is 71.8 Å². The fourth-order valence-electron chi connectivity index (χ4n) is 1.87. The fraction of sp³-hybridized carbons (Fsp3) is 0.455. The lowest BCUT2D eigenvalue weighted by Gasteiger charge is -2.29. The van der Waals surface area contributed by atoms with Crippen LogP contribution in [-0.2, 0) is 11.3 Å². The van der Waals surface area contributed by atoms with Crippen LogP contribution in [0.3, 0.4) is 0 Å². The molecule has 0 spiro atoms. The molecule has 1 aromatic heterocycles. The summed E-state index contributed by atoms with van der Waals surface area (Å²) in [5.74, 6) is -0.803. The molecule has 17 heavy (non-hydrogen) atoms. The Bertz CT molecular complexity index is 495. The summed E-state index contributed by atoms with van der Waals surface area (Å²) in [4.78, 5) is 24.9. The minimum Gasteiger partial charge on any atom is -0.503 e. The predicted octanol–water partition coefficient (Wildman–Crippen LogP) is -0.344. The summed E-state index contributed by atoms with van der Waals surface area (Å²) in [5.41, 5.74) is -0.460. The number of aromatic hydroxyl groups is 1. The molecule has 2 heterocycles. The molecular formula is C11H14N2O4. The average Bonchev–Trinajstić information content (AvgIpc) is 2.33. The predicted molar refractivity (Wildman–Crippen MR) is 60.1 cm³/mol. The van der Waals surface area contributed by atoms with E-state index >= 15 is 0 Å². The maximum atomic E-state index is 12.0. The zero-order valence-electron chi connectivity index (χ0n) is 9.55. The Morgan fingerprint density at radius 1 is 1.41 bits per heavy atom. The normalized spacial score (nSPS) is 14.9. The molecule has 0 saturated heterocycles. The van der Waals surface area contributed by atoms with Gasteiger partial charge in [0.05, 0.1) is 6.61 Å². The quantitative estimate of drug-likeness (QED) is 0.781. The first-order valence-corrected chi connectivity index (χ1v) is 5.35. The third-order valence-corrected chi connectivity index (χ3v) is 2.82. The van der Waals surface area contributed by atoms with Crippen LogP contribution >= 0.6 is 0 Å². The first-order valence-electron chi connectivity index (χ1n) is 5.35. The number of carbonyl (C=O) groups excluding carboxylic acids is 1. The van der Waals surface area contributed by atoms with Gasteiger partial charge in [-0.2, -0.15) is 0 Å². The van der Waals surface area contributed by atoms with Crippen molar-refractivity contribution < 1.29 is 14.6 Å². The molecule has 0 aromatic carbocycles. The van der Waals surface area contributed by atoms with Crippen LogP contribution in [0.2, 0.25) is 0 Å². The lowest BCUT2D eigenvalue weighted by molar-refractivity contribution is 0.0634. The molecule has 0 aliphatic carbocycles. The van der Waals surface area contributed by atoms with Crippen molar-refractivity contribution in [1.29, 1.82) is 0 Å². The van der Waals surface area contributed by atoms with Gasteiger partial charge in [-0.15, -0.1) is 0 Å². The van der Waals surface area contributed by atoms with Crippen LogP contribution in [0.5, 0.6) is 5.75 Å². The van der Waals surface area contributed by atoms with E-state index < -0.39 is 11.2 Å². The van der Waals surface area contributed by atoms with Crippen LogP contribution in [0, 0.1) is 0 Å². The van der Waals surface area contributed by atoms with E-state index in [0.717, 1.165) is 0 Å². The first kappa shape index (κ1) is 11.7. The molecule has 0 unspecified atom stereocenters. The second-order valence-corrected chi connectivity index (χ2v) is 3.86. The minimum atomic E-state index is -0.529. The number of ether oxygens (including phenoxy) is 1. The number of carbonyl (C=O) groups is 1. The van der Waals surface area contributed by atoms with E-state index in [1.165, 1.54) is 12.3 Å². The number of hydrogen-bond donors (Lipinski definition) is 1. The van der Waals surface area contributed by atoms with Crippen LogP contribution < -0.4 is 5.43 Å². The van der Waals surface area contributed by atoms with Gasteiger partial charge in [-0.1, -0.05) is 0 Å². The molecule has 6 heteroatoms. The van der Waals surface area contributed by atoms with E-state index in [4.69, 9.17) is 4.74 Å². The van der Waals surface area contributed by atoms with Gasteiger partial charge in [0.15, 0.2) is 11.4 Å². The van der Waals surface area contributed by atoms with E-state index in [2.05, 4.69) is 0 Å². The molecule has 1 aliphatic heterocycles. The smallest absolute Gasteiger partial charge is 0.274 e. The highest BCUT2D eigenvalue weighted by Gasteiger charge is 2.27. The van der Waals surface area contributed by atoms with Gasteiger partial charge in [-0.05, 0) is 0 Å². The third-order valence-electron chi connectivity index (χ3n) is 2.82. The second kappa shape index (κ2) is 4.58. The van der Waals surface area contributed by atoms with Gasteiger partial charge in [-0.3, -0.25) is 9.59 Å². The number of pyridine rings is 1. The summed E-state index contributed by atoms with van der Waals surface area (Å²) in [6.45, 7) is 2.01. The Morgan fingerprint density at radius 2 is 2.18 bits per heavy atom. The average molecular weight is 238 g/mol. The molecule has 1 amide bonds. The molecule has 1 aromatic rings. The summed E-state index contributed by atoms with van der Waals surface area (Å²) in [6, 6.07) is 1.26. The van der Waals surface area contributed by atoms with Crippen molar-refractivity contribution in [2.24, 2.45) is 0 Å². The highest BCUT2D eigenvalue weighted by molar-refractivity contribution is 5.95. The van der Waals surface area contributed by atoms with Crippen LogP contribution in [0.15, 0.2) is 17.1 Å². The zero-order valence-corrected chi connectivity index (χ0v) is 9.55. The number of hydrogen-bond acceptors (Lipinski definition) is 4. The van der Waals surface area contributed by atoms with Crippen LogP contribution in [0.4, 0.5) is 0 Å². The number of nitrogens with zero attached hydrogens (tertiary/aromatic N) is 2. The van der Waals surface area contributed by atoms with Crippen molar-refractivity contribution in [1.82, 2.24) is 9.47 Å². The Labute approximate surface area is 98.0 Å². The van der Waals surface area contributed by atoms with Crippen molar-refractivity contribution in [2.75, 3.05) is 26.8 Å². The SMILES string of the molecule is COCCN1CCn2ccc(=O)c(O)c2C1=O. The molecule has 1 aliphatic rings. The zero-order chi connectivity index (χ0) is 12.4. The standard InChI is InChI=1S/C11H14N2O4/c1-17-7-6-13-5-4-12-3-2-8(14)10(15)9(12)11(13)16/h2-3,15H,4-7H2,1H3. The third kappa shape index (κ3) is 2.03. The monoisotopic (exact) mass is 238 g/mol. The van der Waals surface area contributed by atoms with Gasteiger partial charge in [0.25, 0.3) is 5.91 Å². The van der Waals surface area contributed by atoms with Crippen molar-refractivity contribution >= 4 is 5.91 Å². The van der Waals surface area contributed by atoms with Gasteiger partial charge in [-0.25, -0.2) is 0 Å². The van der Waals surface area contributed by atoms with Crippen molar-refractivity contribution in [3.05, 3.63) is 28.2 Å². The Morgan fingerprint density at radius 3 is 2.88 bits per heavy atom. The van der Waals surface area contributed by atoms with E-state index in [1.54, 1.807) is 16.6 Å². The summed E-state index contributed by atoms with van der Waals surface area (Å²) in [5, 5.41) is 9.64. The number of aromatic nitrogens is 1. The Kier molecular flexibility index (Phi) is 3.14. The largest absolute Gasteiger partial charge is 0.503 e. The maximum Gasteiger partial charge on any atom is 0.274 e. The molecule has 0 saturated carbocycles.